The summed E-state index contributed by atoms with van der Waals surface area (Å²) in [4.78, 5) is 37.4. The lowest BCUT2D eigenvalue weighted by molar-refractivity contribution is -0.137. The van der Waals surface area contributed by atoms with Crippen molar-refractivity contribution in [3.8, 4) is 0 Å². The highest BCUT2D eigenvalue weighted by Crippen LogP contribution is 2.32. The monoisotopic (exact) mass is 574 g/mol. The Balaban J connectivity index is 1.26. The number of urea groups is 1. The van der Waals surface area contributed by atoms with Crippen LogP contribution in [-0.2, 0) is 19.6 Å². The summed E-state index contributed by atoms with van der Waals surface area (Å²) in [6, 6.07) is 5.04. The van der Waals surface area contributed by atoms with E-state index in [1.807, 2.05) is 0 Å². The maximum atomic E-state index is 12.7. The standard InChI is InChI=1S/C24H30N8O7S/c1-2-25-22(35)19-17(33)18(34)23(39-19)32-12-28-16-20(26-11-27-21(16)32)30-24(36)29-13-7-9-15(10-8-13)40(37,38)31-14-5-3-4-6-14/h7-12,14,17-19,23,31,33-34H,2-6H2,1H3,(H,25,35)(H2,26,27,29,30,36)/t17?,18?,19-,23+/m0/s1. The van der Waals surface area contributed by atoms with Crippen molar-refractivity contribution in [1.29, 1.82) is 0 Å². The van der Waals surface area contributed by atoms with Crippen LogP contribution in [0.3, 0.4) is 0 Å². The summed E-state index contributed by atoms with van der Waals surface area (Å²) in [5.74, 6) is -0.514. The van der Waals surface area contributed by atoms with Gasteiger partial charge in [0.15, 0.2) is 29.3 Å². The third-order valence-corrected chi connectivity index (χ3v) is 8.35. The average Bonchev–Trinajstić information content (AvgIpc) is 3.65. The molecule has 0 bridgehead atoms. The van der Waals surface area contributed by atoms with E-state index in [-0.39, 0.29) is 27.9 Å². The van der Waals surface area contributed by atoms with Crippen molar-refractivity contribution in [1.82, 2.24) is 29.6 Å². The summed E-state index contributed by atoms with van der Waals surface area (Å²) in [5.41, 5.74) is 0.701. The number of rotatable bonds is 8. The molecule has 40 heavy (non-hydrogen) atoms. The largest absolute Gasteiger partial charge is 0.387 e. The Morgan fingerprint density at radius 3 is 2.48 bits per heavy atom. The Hall–Kier alpha value is -3.70. The van der Waals surface area contributed by atoms with Crippen LogP contribution in [0.4, 0.5) is 16.3 Å². The number of amides is 3. The van der Waals surface area contributed by atoms with Crippen molar-refractivity contribution in [3.05, 3.63) is 36.9 Å². The number of sulfonamides is 1. The van der Waals surface area contributed by atoms with E-state index in [1.165, 1.54) is 41.5 Å². The van der Waals surface area contributed by atoms with Gasteiger partial charge in [-0.15, -0.1) is 0 Å². The van der Waals surface area contributed by atoms with Crippen LogP contribution in [0.25, 0.3) is 11.2 Å². The number of hydrogen-bond acceptors (Lipinski definition) is 10. The van der Waals surface area contributed by atoms with Gasteiger partial charge in [-0.25, -0.2) is 32.9 Å². The molecule has 0 spiro atoms. The first-order valence-electron chi connectivity index (χ1n) is 12.8. The second kappa shape index (κ2) is 11.4. The summed E-state index contributed by atoms with van der Waals surface area (Å²) < 4.78 is 34.9. The molecule has 2 aromatic heterocycles. The zero-order valence-corrected chi connectivity index (χ0v) is 22.3. The van der Waals surface area contributed by atoms with Crippen molar-refractivity contribution in [3.63, 3.8) is 0 Å². The minimum atomic E-state index is -3.66. The molecule has 1 aliphatic carbocycles. The molecule has 5 rings (SSSR count). The number of aliphatic hydroxyl groups is 2. The van der Waals surface area contributed by atoms with Gasteiger partial charge in [0.1, 0.15) is 18.5 Å². The molecule has 2 unspecified atom stereocenters. The molecule has 15 nitrogen and oxygen atoms in total. The Bertz CT molecular complexity index is 1490. The number of benzene rings is 1. The summed E-state index contributed by atoms with van der Waals surface area (Å²) in [7, 11) is -3.66. The molecule has 4 atom stereocenters. The van der Waals surface area contributed by atoms with E-state index in [2.05, 4.69) is 35.6 Å². The van der Waals surface area contributed by atoms with E-state index in [4.69, 9.17) is 4.74 Å². The van der Waals surface area contributed by atoms with Crippen molar-refractivity contribution in [2.45, 2.75) is 68.1 Å². The molecule has 1 aromatic carbocycles. The van der Waals surface area contributed by atoms with E-state index in [9.17, 15) is 28.2 Å². The minimum Gasteiger partial charge on any atom is -0.387 e. The number of nitrogens with zero attached hydrogens (tertiary/aromatic N) is 4. The zero-order valence-electron chi connectivity index (χ0n) is 21.5. The van der Waals surface area contributed by atoms with Crippen LogP contribution in [0.2, 0.25) is 0 Å². The number of nitrogens with one attached hydrogen (secondary N) is 4. The summed E-state index contributed by atoms with van der Waals surface area (Å²) >= 11 is 0. The van der Waals surface area contributed by atoms with Gasteiger partial charge in [0.2, 0.25) is 10.0 Å². The first-order chi connectivity index (χ1) is 19.2. The molecule has 3 heterocycles. The van der Waals surface area contributed by atoms with Crippen molar-refractivity contribution >= 4 is 44.6 Å². The number of fused-ring (bicyclic) bond motifs is 1. The molecule has 1 aliphatic heterocycles. The van der Waals surface area contributed by atoms with Gasteiger partial charge in [-0.2, -0.15) is 0 Å². The van der Waals surface area contributed by atoms with Crippen LogP contribution >= 0.6 is 0 Å². The minimum absolute atomic E-state index is 0.0505. The number of carbonyl (C=O) groups excluding carboxylic acids is 2. The van der Waals surface area contributed by atoms with Crippen LogP contribution in [0.1, 0.15) is 38.8 Å². The molecule has 0 radical (unpaired) electrons. The molecule has 6 N–H and O–H groups in total. The first-order valence-corrected chi connectivity index (χ1v) is 14.3. The lowest BCUT2D eigenvalue weighted by atomic mass is 10.1. The number of ether oxygens (including phenoxy) is 1. The fraction of sp³-hybridized carbons (Fsp3) is 0.458. The zero-order chi connectivity index (χ0) is 28.4. The topological polar surface area (TPSA) is 210 Å². The van der Waals surface area contributed by atoms with Crippen LogP contribution in [0.15, 0.2) is 41.8 Å². The summed E-state index contributed by atoms with van der Waals surface area (Å²) in [5, 5.41) is 28.6. The summed E-state index contributed by atoms with van der Waals surface area (Å²) in [6.07, 6.45) is 0.738. The SMILES string of the molecule is CCNC(=O)[C@H]1O[C@@H](n2cnc3c(NC(=O)Nc4ccc(S(=O)(=O)NC5CCCC5)cc4)ncnc32)C(O)C1O. The Kier molecular flexibility index (Phi) is 7.95. The second-order valence-electron chi connectivity index (χ2n) is 9.58. The molecule has 16 heteroatoms. The smallest absolute Gasteiger partial charge is 0.324 e. The average molecular weight is 575 g/mol. The molecule has 2 aliphatic rings. The first kappa shape index (κ1) is 27.9. The molecule has 3 amide bonds. The van der Waals surface area contributed by atoms with Crippen LogP contribution < -0.4 is 20.7 Å². The number of likely N-dealkylation sites (N-methyl/N-ethyl adjacent to an activating group) is 1. The Morgan fingerprint density at radius 2 is 1.77 bits per heavy atom. The van der Waals surface area contributed by atoms with Gasteiger partial charge in [0.25, 0.3) is 5.91 Å². The van der Waals surface area contributed by atoms with Gasteiger partial charge < -0.3 is 25.6 Å². The Morgan fingerprint density at radius 1 is 1.05 bits per heavy atom. The highest BCUT2D eigenvalue weighted by molar-refractivity contribution is 7.89. The molecule has 1 saturated carbocycles. The number of aromatic nitrogens is 4. The van der Waals surface area contributed by atoms with Crippen LogP contribution in [0.5, 0.6) is 0 Å². The van der Waals surface area contributed by atoms with Crippen LogP contribution in [0, 0.1) is 0 Å². The van der Waals surface area contributed by atoms with Crippen molar-refractivity contribution in [2.24, 2.45) is 0 Å². The third-order valence-electron chi connectivity index (χ3n) is 6.81. The van der Waals surface area contributed by atoms with Crippen LogP contribution in [-0.4, -0.2) is 81.0 Å². The molecule has 2 fully saturated rings. The molecule has 214 valence electrons. The van der Waals surface area contributed by atoms with Gasteiger partial charge >= 0.3 is 6.03 Å². The second-order valence-corrected chi connectivity index (χ2v) is 11.3. The molecule has 3 aromatic rings. The van der Waals surface area contributed by atoms with E-state index in [0.29, 0.717) is 12.2 Å². The van der Waals surface area contributed by atoms with E-state index in [1.54, 1.807) is 6.92 Å². The molecule has 1 saturated heterocycles. The van der Waals surface area contributed by atoms with Gasteiger partial charge in [0, 0.05) is 18.3 Å². The number of hydrogen-bond donors (Lipinski definition) is 6. The Labute approximate surface area is 229 Å². The number of aliphatic hydroxyl groups excluding tert-OH is 2. The fourth-order valence-corrected chi connectivity index (χ4v) is 6.13. The van der Waals surface area contributed by atoms with E-state index >= 15 is 0 Å². The van der Waals surface area contributed by atoms with E-state index < -0.39 is 46.5 Å². The van der Waals surface area contributed by atoms with Gasteiger partial charge in [-0.1, -0.05) is 12.8 Å². The third kappa shape index (κ3) is 5.62. The fourth-order valence-electron chi connectivity index (χ4n) is 4.83. The van der Waals surface area contributed by atoms with Gasteiger partial charge in [-0.05, 0) is 44.0 Å². The number of imidazole rings is 1. The van der Waals surface area contributed by atoms with Crippen molar-refractivity contribution in [2.75, 3.05) is 17.2 Å². The van der Waals surface area contributed by atoms with Gasteiger partial charge in [-0.3, -0.25) is 14.7 Å². The predicted molar refractivity (Wildman–Crippen MR) is 142 cm³/mol. The predicted octanol–water partition coefficient (Wildman–Crippen LogP) is 0.447. The van der Waals surface area contributed by atoms with E-state index in [0.717, 1.165) is 25.7 Å². The highest BCUT2D eigenvalue weighted by Gasteiger charge is 2.47. The molecular formula is C24H30N8O7S. The highest BCUT2D eigenvalue weighted by atomic mass is 32.2. The molecular weight excluding hydrogens is 544 g/mol. The quantitative estimate of drug-likeness (QED) is 0.219. The summed E-state index contributed by atoms with van der Waals surface area (Å²) in [6.45, 7) is 2.04. The lowest BCUT2D eigenvalue weighted by Gasteiger charge is -2.16. The number of anilines is 2. The number of carbonyl (C=O) groups is 2. The normalized spacial score (nSPS) is 23.4. The van der Waals surface area contributed by atoms with Crippen molar-refractivity contribution < 1.29 is 33.0 Å². The van der Waals surface area contributed by atoms with Gasteiger partial charge in [0.05, 0.1) is 11.2 Å². The maximum absolute atomic E-state index is 12.7. The maximum Gasteiger partial charge on any atom is 0.324 e. The lowest BCUT2D eigenvalue weighted by Crippen LogP contribution is -2.42.